The van der Waals surface area contributed by atoms with Crippen LogP contribution in [-0.2, 0) is 0 Å². The molecule has 7 nitrogen and oxygen atoms in total. The van der Waals surface area contributed by atoms with Gasteiger partial charge in [-0.2, -0.15) is 5.21 Å². The quantitative estimate of drug-likeness (QED) is 0.518. The Hall–Kier alpha value is -2.44. The highest BCUT2D eigenvalue weighted by Gasteiger charge is 2.04. The Morgan fingerprint density at radius 1 is 1.13 bits per heavy atom. The molecule has 0 aliphatic carbocycles. The minimum atomic E-state index is -0.227. The normalized spacial score (nSPS) is 10.9. The number of hydrogen-bond acceptors (Lipinski definition) is 4. The molecule has 2 aromatic heterocycles. The van der Waals surface area contributed by atoms with E-state index >= 15 is 0 Å². The smallest absolute Gasteiger partial charge is 0.306 e. The molecule has 3 rings (SSSR count). The molecule has 0 fully saturated rings. The van der Waals surface area contributed by atoms with Crippen molar-refractivity contribution in [1.82, 2.24) is 30.6 Å². The standard InChI is InChI=1S/C8H6N6O/c15-8-9-5-2-1-4(3-6(5)10-8)7-11-13-14-12-7/h1-3H,(H2,9,10,15)(H,11,12,13,14). The van der Waals surface area contributed by atoms with E-state index < -0.39 is 0 Å². The van der Waals surface area contributed by atoms with Gasteiger partial charge < -0.3 is 9.97 Å². The summed E-state index contributed by atoms with van der Waals surface area (Å²) in [5, 5.41) is 13.5. The Labute approximate surface area is 82.5 Å². The first-order valence-electron chi connectivity index (χ1n) is 4.29. The number of rotatable bonds is 1. The van der Waals surface area contributed by atoms with E-state index in [2.05, 4.69) is 30.6 Å². The van der Waals surface area contributed by atoms with Gasteiger partial charge in [0.15, 0.2) is 0 Å². The molecule has 7 heteroatoms. The first-order chi connectivity index (χ1) is 7.33. The van der Waals surface area contributed by atoms with Crippen molar-refractivity contribution in [1.29, 1.82) is 0 Å². The summed E-state index contributed by atoms with van der Waals surface area (Å²) in [4.78, 5) is 16.3. The Morgan fingerprint density at radius 2 is 2.00 bits per heavy atom. The number of aromatic nitrogens is 6. The number of imidazole rings is 1. The van der Waals surface area contributed by atoms with E-state index in [0.717, 1.165) is 16.6 Å². The molecular formula is C8H6N6O. The number of nitrogens with zero attached hydrogens (tertiary/aromatic N) is 3. The molecule has 74 valence electrons. The molecule has 1 aromatic carbocycles. The molecule has 0 saturated carbocycles. The van der Waals surface area contributed by atoms with Crippen molar-refractivity contribution < 1.29 is 0 Å². The number of benzene rings is 1. The minimum absolute atomic E-state index is 0.227. The lowest BCUT2D eigenvalue weighted by Crippen LogP contribution is -1.99. The molecule has 0 spiro atoms. The zero-order chi connectivity index (χ0) is 10.3. The maximum Gasteiger partial charge on any atom is 0.323 e. The van der Waals surface area contributed by atoms with Crippen molar-refractivity contribution in [3.63, 3.8) is 0 Å². The number of nitrogens with one attached hydrogen (secondary N) is 3. The number of H-pyrrole nitrogens is 3. The van der Waals surface area contributed by atoms with E-state index in [1.54, 1.807) is 12.1 Å². The highest BCUT2D eigenvalue weighted by atomic mass is 16.1. The highest BCUT2D eigenvalue weighted by molar-refractivity contribution is 5.79. The number of tetrazole rings is 1. The van der Waals surface area contributed by atoms with Gasteiger partial charge in [0, 0.05) is 5.56 Å². The monoisotopic (exact) mass is 202 g/mol. The van der Waals surface area contributed by atoms with Gasteiger partial charge in [-0.15, -0.1) is 10.2 Å². The maximum absolute atomic E-state index is 11.0. The Balaban J connectivity index is 2.26. The van der Waals surface area contributed by atoms with E-state index in [1.807, 2.05) is 6.07 Å². The van der Waals surface area contributed by atoms with Crippen LogP contribution in [0.15, 0.2) is 23.0 Å². The first kappa shape index (κ1) is 7.92. The van der Waals surface area contributed by atoms with Crippen LogP contribution in [0.2, 0.25) is 0 Å². The second-order valence-corrected chi connectivity index (χ2v) is 3.07. The molecule has 0 unspecified atom stereocenters. The van der Waals surface area contributed by atoms with E-state index in [4.69, 9.17) is 0 Å². The van der Waals surface area contributed by atoms with E-state index in [0.29, 0.717) is 5.82 Å². The van der Waals surface area contributed by atoms with Crippen LogP contribution in [0.1, 0.15) is 0 Å². The van der Waals surface area contributed by atoms with Crippen LogP contribution in [-0.4, -0.2) is 30.6 Å². The summed E-state index contributed by atoms with van der Waals surface area (Å²) in [5.74, 6) is 0.499. The fourth-order valence-corrected chi connectivity index (χ4v) is 1.46. The van der Waals surface area contributed by atoms with Crippen LogP contribution >= 0.6 is 0 Å². The van der Waals surface area contributed by atoms with Crippen molar-refractivity contribution in [3.8, 4) is 11.4 Å². The summed E-state index contributed by atoms with van der Waals surface area (Å²) in [6, 6.07) is 5.40. The summed E-state index contributed by atoms with van der Waals surface area (Å²) in [6.07, 6.45) is 0. The van der Waals surface area contributed by atoms with Gasteiger partial charge in [0.2, 0.25) is 5.82 Å². The number of aromatic amines is 3. The van der Waals surface area contributed by atoms with Gasteiger partial charge in [0.1, 0.15) is 0 Å². The van der Waals surface area contributed by atoms with Crippen molar-refractivity contribution >= 4 is 11.0 Å². The van der Waals surface area contributed by atoms with Crippen molar-refractivity contribution in [2.24, 2.45) is 0 Å². The SMILES string of the molecule is O=c1[nH]c2ccc(-c3nn[nH]n3)cc2[nH]1. The van der Waals surface area contributed by atoms with Gasteiger partial charge in [-0.05, 0) is 23.4 Å². The maximum atomic E-state index is 11.0. The van der Waals surface area contributed by atoms with Crippen LogP contribution in [0.4, 0.5) is 0 Å². The summed E-state index contributed by atoms with van der Waals surface area (Å²) in [7, 11) is 0. The van der Waals surface area contributed by atoms with Crippen LogP contribution in [0, 0.1) is 0 Å². The largest absolute Gasteiger partial charge is 0.323 e. The fourth-order valence-electron chi connectivity index (χ4n) is 1.46. The van der Waals surface area contributed by atoms with E-state index in [9.17, 15) is 4.79 Å². The first-order valence-corrected chi connectivity index (χ1v) is 4.29. The minimum Gasteiger partial charge on any atom is -0.306 e. The summed E-state index contributed by atoms with van der Waals surface area (Å²) >= 11 is 0. The lowest BCUT2D eigenvalue weighted by Gasteiger charge is -1.93. The summed E-state index contributed by atoms with van der Waals surface area (Å²) in [6.45, 7) is 0. The lowest BCUT2D eigenvalue weighted by atomic mass is 10.2. The zero-order valence-electron chi connectivity index (χ0n) is 7.48. The summed E-state index contributed by atoms with van der Waals surface area (Å²) in [5.41, 5.74) is 2.05. The van der Waals surface area contributed by atoms with Crippen molar-refractivity contribution in [2.75, 3.05) is 0 Å². The van der Waals surface area contributed by atoms with Gasteiger partial charge >= 0.3 is 5.69 Å². The molecule has 0 aliphatic rings. The molecule has 0 saturated heterocycles. The Morgan fingerprint density at radius 3 is 2.80 bits per heavy atom. The van der Waals surface area contributed by atoms with Crippen LogP contribution in [0.25, 0.3) is 22.4 Å². The molecule has 0 radical (unpaired) electrons. The molecular weight excluding hydrogens is 196 g/mol. The molecule has 15 heavy (non-hydrogen) atoms. The van der Waals surface area contributed by atoms with Crippen LogP contribution in [0.3, 0.4) is 0 Å². The number of hydrogen-bond donors (Lipinski definition) is 3. The summed E-state index contributed by atoms with van der Waals surface area (Å²) < 4.78 is 0. The Kier molecular flexibility index (Phi) is 1.46. The lowest BCUT2D eigenvalue weighted by molar-refractivity contribution is 0.881. The Bertz CT molecular complexity index is 649. The van der Waals surface area contributed by atoms with Gasteiger partial charge in [-0.3, -0.25) is 0 Å². The molecule has 3 aromatic rings. The molecule has 3 N–H and O–H groups in total. The third-order valence-electron chi connectivity index (χ3n) is 2.12. The van der Waals surface area contributed by atoms with Crippen molar-refractivity contribution in [3.05, 3.63) is 28.7 Å². The second kappa shape index (κ2) is 2.77. The average Bonchev–Trinajstić information content (AvgIpc) is 2.82. The van der Waals surface area contributed by atoms with Gasteiger partial charge in [0.05, 0.1) is 11.0 Å². The van der Waals surface area contributed by atoms with Crippen LogP contribution in [0.5, 0.6) is 0 Å². The fraction of sp³-hybridized carbons (Fsp3) is 0. The average molecular weight is 202 g/mol. The predicted octanol–water partition coefficient (Wildman–Crippen LogP) is 0.0363. The highest BCUT2D eigenvalue weighted by Crippen LogP contribution is 2.17. The third kappa shape index (κ3) is 1.21. The van der Waals surface area contributed by atoms with Crippen LogP contribution < -0.4 is 5.69 Å². The van der Waals surface area contributed by atoms with E-state index in [-0.39, 0.29) is 5.69 Å². The van der Waals surface area contributed by atoms with Gasteiger partial charge in [-0.25, -0.2) is 4.79 Å². The van der Waals surface area contributed by atoms with E-state index in [1.165, 1.54) is 0 Å². The zero-order valence-corrected chi connectivity index (χ0v) is 7.48. The molecule has 0 atom stereocenters. The van der Waals surface area contributed by atoms with Crippen molar-refractivity contribution in [2.45, 2.75) is 0 Å². The molecule has 0 aliphatic heterocycles. The molecule has 0 amide bonds. The van der Waals surface area contributed by atoms with Gasteiger partial charge in [-0.1, -0.05) is 0 Å². The molecule has 2 heterocycles. The van der Waals surface area contributed by atoms with Gasteiger partial charge in [0.25, 0.3) is 0 Å². The topological polar surface area (TPSA) is 103 Å². The second-order valence-electron chi connectivity index (χ2n) is 3.07. The number of fused-ring (bicyclic) bond motifs is 1. The molecule has 0 bridgehead atoms. The predicted molar refractivity (Wildman–Crippen MR) is 52.1 cm³/mol. The third-order valence-corrected chi connectivity index (χ3v) is 2.12.